The van der Waals surface area contributed by atoms with Gasteiger partial charge in [0.2, 0.25) is 0 Å². The summed E-state index contributed by atoms with van der Waals surface area (Å²) in [5.41, 5.74) is 0. The van der Waals surface area contributed by atoms with E-state index >= 15 is 0 Å². The normalized spacial score (nSPS) is 13.9. The topological polar surface area (TPSA) is 26.3 Å². The zero-order valence-corrected chi connectivity index (χ0v) is 19.4. The molecule has 1 unspecified atom stereocenters. The maximum absolute atomic E-state index is 12.7. The summed E-state index contributed by atoms with van der Waals surface area (Å²) in [6, 6.07) is 0. The number of carbonyl (C=O) groups excluding carboxylic acids is 1. The second kappa shape index (κ2) is 13.3. The molecule has 0 aromatic heterocycles. The summed E-state index contributed by atoms with van der Waals surface area (Å²) >= 11 is -2.67. The first-order valence-electron chi connectivity index (χ1n) is 9.81. The first kappa shape index (κ1) is 23.0. The van der Waals surface area contributed by atoms with Crippen molar-refractivity contribution in [1.82, 2.24) is 0 Å². The molecule has 0 aliphatic carbocycles. The Balaban J connectivity index is 5.80. The Labute approximate surface area is 149 Å². The van der Waals surface area contributed by atoms with Crippen LogP contribution in [0.2, 0.25) is 13.3 Å². The van der Waals surface area contributed by atoms with E-state index in [0.29, 0.717) is 5.92 Å². The van der Waals surface area contributed by atoms with Crippen molar-refractivity contribution in [3.63, 3.8) is 0 Å². The molecule has 0 aromatic carbocycles. The summed E-state index contributed by atoms with van der Waals surface area (Å²) in [4.78, 5) is 12.7. The molecular weight excluding hydrogens is 391 g/mol. The van der Waals surface area contributed by atoms with Crippen molar-refractivity contribution in [2.45, 2.75) is 92.9 Å². The van der Waals surface area contributed by atoms with Gasteiger partial charge in [-0.15, -0.1) is 0 Å². The Morgan fingerprint density at radius 3 is 1.70 bits per heavy atom. The van der Waals surface area contributed by atoms with Crippen molar-refractivity contribution in [3.05, 3.63) is 9.67 Å². The average Bonchev–Trinajstić information content (AvgIpc) is 2.58. The first-order chi connectivity index (χ1) is 11.0. The van der Waals surface area contributed by atoms with Gasteiger partial charge in [0.05, 0.1) is 0 Å². The van der Waals surface area contributed by atoms with E-state index in [9.17, 15) is 4.79 Å². The van der Waals surface area contributed by atoms with Gasteiger partial charge in [-0.05, 0) is 0 Å². The van der Waals surface area contributed by atoms with Crippen molar-refractivity contribution in [2.24, 2.45) is 5.92 Å². The number of hydrogen-bond donors (Lipinski definition) is 0. The van der Waals surface area contributed by atoms with Crippen molar-refractivity contribution < 1.29 is 9.53 Å². The fourth-order valence-corrected chi connectivity index (χ4v) is 19.9. The molecule has 0 radical (unpaired) electrons. The van der Waals surface area contributed by atoms with E-state index in [-0.39, 0.29) is 5.97 Å². The molecule has 0 rings (SSSR count). The van der Waals surface area contributed by atoms with Gasteiger partial charge in [-0.1, -0.05) is 0 Å². The Morgan fingerprint density at radius 2 is 1.39 bits per heavy atom. The molecule has 0 N–H and O–H groups in total. The predicted molar refractivity (Wildman–Crippen MR) is 104 cm³/mol. The molecule has 0 saturated carbocycles. The maximum atomic E-state index is 12.7. The van der Waals surface area contributed by atoms with Crippen LogP contribution in [-0.2, 0) is 9.53 Å². The van der Waals surface area contributed by atoms with Gasteiger partial charge in [0, 0.05) is 0 Å². The monoisotopic (exact) mass is 432 g/mol. The number of esters is 1. The van der Waals surface area contributed by atoms with Gasteiger partial charge in [0.1, 0.15) is 0 Å². The van der Waals surface area contributed by atoms with E-state index in [0.717, 1.165) is 6.42 Å². The van der Waals surface area contributed by atoms with Crippen LogP contribution in [0.15, 0.2) is 9.67 Å². The van der Waals surface area contributed by atoms with E-state index in [1.54, 1.807) is 7.11 Å². The van der Waals surface area contributed by atoms with Gasteiger partial charge in [-0.2, -0.15) is 0 Å². The minimum atomic E-state index is -2.67. The van der Waals surface area contributed by atoms with Gasteiger partial charge < -0.3 is 0 Å². The van der Waals surface area contributed by atoms with E-state index in [2.05, 4.69) is 40.7 Å². The summed E-state index contributed by atoms with van der Waals surface area (Å²) in [5, 5.41) is 0. The summed E-state index contributed by atoms with van der Waals surface area (Å²) in [6.45, 7) is 11.3. The molecule has 0 amide bonds. The molecule has 0 saturated heterocycles. The number of hydrogen-bond acceptors (Lipinski definition) is 2. The molecule has 136 valence electrons. The van der Waals surface area contributed by atoms with Gasteiger partial charge in [-0.3, -0.25) is 0 Å². The quantitative estimate of drug-likeness (QED) is 0.189. The zero-order valence-electron chi connectivity index (χ0n) is 16.5. The van der Waals surface area contributed by atoms with Crippen LogP contribution in [0.3, 0.4) is 0 Å². The Hall–Kier alpha value is 0.00870. The SMILES string of the molecule is CCC[CH2][Sn]([CH2]CCC)([CH2]CCC)/[C](=C/C(C)CC)C(=O)OC. The summed E-state index contributed by atoms with van der Waals surface area (Å²) in [7, 11) is 1.56. The molecule has 0 aromatic rings. The van der Waals surface area contributed by atoms with Gasteiger partial charge in [0.25, 0.3) is 0 Å². The van der Waals surface area contributed by atoms with Crippen LogP contribution in [0, 0.1) is 5.92 Å². The summed E-state index contributed by atoms with van der Waals surface area (Å²) in [6.07, 6.45) is 10.9. The second-order valence-corrected chi connectivity index (χ2v) is 20.2. The third kappa shape index (κ3) is 8.09. The molecule has 0 bridgehead atoms. The van der Waals surface area contributed by atoms with Crippen LogP contribution in [0.5, 0.6) is 0 Å². The van der Waals surface area contributed by atoms with Gasteiger partial charge in [-0.25, -0.2) is 0 Å². The predicted octanol–water partition coefficient (Wildman–Crippen LogP) is 6.52. The fraction of sp³-hybridized carbons (Fsp3) is 0.850. The molecule has 3 heteroatoms. The first-order valence-corrected chi connectivity index (χ1v) is 17.3. The molecule has 2 nitrogen and oxygen atoms in total. The van der Waals surface area contributed by atoms with Crippen LogP contribution < -0.4 is 0 Å². The zero-order chi connectivity index (χ0) is 17.7. The minimum absolute atomic E-state index is 0.00981. The Morgan fingerprint density at radius 1 is 0.957 bits per heavy atom. The molecule has 0 aliphatic rings. The molecular formula is C20H40O2Sn. The van der Waals surface area contributed by atoms with E-state index in [1.807, 2.05) is 0 Å². The van der Waals surface area contributed by atoms with Gasteiger partial charge in [0.15, 0.2) is 0 Å². The van der Waals surface area contributed by atoms with Crippen molar-refractivity contribution >= 4 is 24.3 Å². The Bertz CT molecular complexity index is 328. The van der Waals surface area contributed by atoms with E-state index < -0.39 is 18.4 Å². The molecule has 0 spiro atoms. The number of unbranched alkanes of at least 4 members (excludes halogenated alkanes) is 3. The fourth-order valence-electron chi connectivity index (χ4n) is 3.30. The third-order valence-corrected chi connectivity index (χ3v) is 20.6. The molecule has 23 heavy (non-hydrogen) atoms. The molecule has 0 heterocycles. The van der Waals surface area contributed by atoms with Crippen LogP contribution in [0.4, 0.5) is 0 Å². The average molecular weight is 431 g/mol. The van der Waals surface area contributed by atoms with E-state index in [4.69, 9.17) is 4.74 Å². The van der Waals surface area contributed by atoms with Crippen LogP contribution >= 0.6 is 0 Å². The Kier molecular flexibility index (Phi) is 13.3. The standard InChI is InChI=1S/C8H13O2.3C4H9.Sn/c1-4-7(2)5-6-8(9)10-3;3*1-3-4-2;/h5,7H,4H2,1-3H3;3*1,3-4H2,2H3;. The van der Waals surface area contributed by atoms with Crippen LogP contribution in [-0.4, -0.2) is 31.5 Å². The summed E-state index contributed by atoms with van der Waals surface area (Å²) < 4.78 is 10.4. The molecule has 0 fully saturated rings. The number of allylic oxidation sites excluding steroid dienone is 1. The number of ether oxygens (including phenoxy) is 1. The second-order valence-electron chi connectivity index (χ2n) is 7.05. The van der Waals surface area contributed by atoms with Crippen LogP contribution in [0.1, 0.15) is 79.6 Å². The number of methoxy groups -OCH3 is 1. The van der Waals surface area contributed by atoms with Crippen molar-refractivity contribution in [1.29, 1.82) is 0 Å². The summed E-state index contributed by atoms with van der Waals surface area (Å²) in [5.74, 6) is 0.467. The van der Waals surface area contributed by atoms with Crippen molar-refractivity contribution in [3.8, 4) is 0 Å². The number of rotatable bonds is 13. The number of carbonyl (C=O) groups is 1. The van der Waals surface area contributed by atoms with Crippen LogP contribution in [0.25, 0.3) is 0 Å². The molecule has 1 atom stereocenters. The van der Waals surface area contributed by atoms with Crippen molar-refractivity contribution in [2.75, 3.05) is 7.11 Å². The third-order valence-electron chi connectivity index (χ3n) is 5.10. The molecule has 0 aliphatic heterocycles. The van der Waals surface area contributed by atoms with E-state index in [1.165, 1.54) is 55.4 Å². The van der Waals surface area contributed by atoms with Gasteiger partial charge >= 0.3 is 149 Å².